The first-order chi connectivity index (χ1) is 10.5. The van der Waals surface area contributed by atoms with Crippen molar-refractivity contribution in [2.45, 2.75) is 13.8 Å². The van der Waals surface area contributed by atoms with Gasteiger partial charge in [-0.3, -0.25) is 0 Å². The van der Waals surface area contributed by atoms with Crippen molar-refractivity contribution in [2.24, 2.45) is 0 Å². The van der Waals surface area contributed by atoms with E-state index in [1.807, 2.05) is 36.9 Å². The molecule has 1 aliphatic rings. The number of amides is 2. The average molecular weight is 299 g/mol. The van der Waals surface area contributed by atoms with Crippen molar-refractivity contribution in [3.8, 4) is 0 Å². The van der Waals surface area contributed by atoms with Gasteiger partial charge in [0.25, 0.3) is 0 Å². The Balaban J connectivity index is 1.76. The molecule has 2 aromatic rings. The molecule has 1 aromatic heterocycles. The molecule has 0 aliphatic carbocycles. The molecule has 6 nitrogen and oxygen atoms in total. The molecule has 2 amide bonds. The quantitative estimate of drug-likeness (QED) is 0.875. The van der Waals surface area contributed by atoms with E-state index in [2.05, 4.69) is 27.2 Å². The highest BCUT2D eigenvalue weighted by Crippen LogP contribution is 2.18. The van der Waals surface area contributed by atoms with Crippen LogP contribution in [0.25, 0.3) is 11.0 Å². The molecule has 2 heterocycles. The molecule has 22 heavy (non-hydrogen) atoms. The Bertz CT molecular complexity index is 707. The number of piperazine rings is 1. The van der Waals surface area contributed by atoms with Crippen LogP contribution in [0.1, 0.15) is 11.4 Å². The lowest BCUT2D eigenvalue weighted by atomic mass is 10.2. The second kappa shape index (κ2) is 5.88. The van der Waals surface area contributed by atoms with Gasteiger partial charge in [-0.1, -0.05) is 0 Å². The molecule has 3 rings (SSSR count). The van der Waals surface area contributed by atoms with E-state index in [0.29, 0.717) is 0 Å². The van der Waals surface area contributed by atoms with Gasteiger partial charge in [-0.25, -0.2) is 14.8 Å². The number of hydrogen-bond donors (Lipinski definition) is 1. The van der Waals surface area contributed by atoms with E-state index in [-0.39, 0.29) is 6.03 Å². The molecule has 116 valence electrons. The molecule has 0 atom stereocenters. The summed E-state index contributed by atoms with van der Waals surface area (Å²) in [5.41, 5.74) is 4.26. The monoisotopic (exact) mass is 299 g/mol. The first kappa shape index (κ1) is 14.7. The fraction of sp³-hybridized carbons (Fsp3) is 0.438. The van der Waals surface area contributed by atoms with Crippen molar-refractivity contribution >= 4 is 22.8 Å². The maximum absolute atomic E-state index is 12.3. The number of aryl methyl sites for hydroxylation is 2. The summed E-state index contributed by atoms with van der Waals surface area (Å²) in [6.07, 6.45) is 0. The van der Waals surface area contributed by atoms with Crippen molar-refractivity contribution in [3.05, 3.63) is 29.6 Å². The fourth-order valence-electron chi connectivity index (χ4n) is 2.52. The average Bonchev–Trinajstić information content (AvgIpc) is 2.49. The van der Waals surface area contributed by atoms with Crippen molar-refractivity contribution in [3.63, 3.8) is 0 Å². The van der Waals surface area contributed by atoms with Crippen molar-refractivity contribution in [1.29, 1.82) is 0 Å². The molecule has 0 radical (unpaired) electrons. The summed E-state index contributed by atoms with van der Waals surface area (Å²) in [6.45, 7) is 7.23. The number of fused-ring (bicyclic) bond motifs is 1. The molecule has 1 fully saturated rings. The third-order valence-corrected chi connectivity index (χ3v) is 4.12. The predicted octanol–water partition coefficient (Wildman–Crippen LogP) is 2.03. The first-order valence-corrected chi connectivity index (χ1v) is 7.52. The number of aromatic nitrogens is 2. The van der Waals surface area contributed by atoms with E-state index < -0.39 is 0 Å². The Labute approximate surface area is 130 Å². The van der Waals surface area contributed by atoms with Crippen LogP contribution in [0.4, 0.5) is 10.5 Å². The van der Waals surface area contributed by atoms with Crippen molar-refractivity contribution < 1.29 is 4.79 Å². The molecule has 1 saturated heterocycles. The van der Waals surface area contributed by atoms with Crippen LogP contribution in [0.15, 0.2) is 18.2 Å². The van der Waals surface area contributed by atoms with Crippen LogP contribution in [-0.4, -0.2) is 59.0 Å². The van der Waals surface area contributed by atoms with Gasteiger partial charge in [0.2, 0.25) is 0 Å². The largest absolute Gasteiger partial charge is 0.322 e. The molecule has 0 bridgehead atoms. The third kappa shape index (κ3) is 3.01. The van der Waals surface area contributed by atoms with Gasteiger partial charge in [-0.2, -0.15) is 0 Å². The normalized spacial score (nSPS) is 16.0. The molecular formula is C16H21N5O. The van der Waals surface area contributed by atoms with Crippen LogP contribution < -0.4 is 5.32 Å². The smallest absolute Gasteiger partial charge is 0.321 e. The van der Waals surface area contributed by atoms with Crippen LogP contribution >= 0.6 is 0 Å². The van der Waals surface area contributed by atoms with Crippen LogP contribution in [0.5, 0.6) is 0 Å². The molecule has 1 N–H and O–H groups in total. The van der Waals surface area contributed by atoms with E-state index >= 15 is 0 Å². The summed E-state index contributed by atoms with van der Waals surface area (Å²) in [7, 11) is 2.07. The van der Waals surface area contributed by atoms with Gasteiger partial charge in [0.1, 0.15) is 0 Å². The summed E-state index contributed by atoms with van der Waals surface area (Å²) in [4.78, 5) is 25.4. The number of nitrogens with one attached hydrogen (secondary N) is 1. The number of hydrogen-bond acceptors (Lipinski definition) is 4. The van der Waals surface area contributed by atoms with Gasteiger partial charge in [0.05, 0.1) is 22.4 Å². The van der Waals surface area contributed by atoms with E-state index in [1.165, 1.54) is 0 Å². The van der Waals surface area contributed by atoms with Crippen LogP contribution in [0.3, 0.4) is 0 Å². The summed E-state index contributed by atoms with van der Waals surface area (Å²) in [6, 6.07) is 5.60. The third-order valence-electron chi connectivity index (χ3n) is 4.12. The highest BCUT2D eigenvalue weighted by Gasteiger charge is 2.19. The topological polar surface area (TPSA) is 61.4 Å². The van der Waals surface area contributed by atoms with E-state index in [9.17, 15) is 4.79 Å². The van der Waals surface area contributed by atoms with E-state index in [0.717, 1.165) is 54.3 Å². The van der Waals surface area contributed by atoms with Crippen LogP contribution in [0, 0.1) is 13.8 Å². The minimum atomic E-state index is -0.0516. The highest BCUT2D eigenvalue weighted by atomic mass is 16.2. The molecular weight excluding hydrogens is 278 g/mol. The maximum Gasteiger partial charge on any atom is 0.321 e. The lowest BCUT2D eigenvalue weighted by Gasteiger charge is -2.32. The first-order valence-electron chi connectivity index (χ1n) is 7.52. The molecule has 6 heteroatoms. The number of nitrogens with zero attached hydrogens (tertiary/aromatic N) is 4. The summed E-state index contributed by atoms with van der Waals surface area (Å²) < 4.78 is 0. The zero-order valence-corrected chi connectivity index (χ0v) is 13.3. The van der Waals surface area contributed by atoms with Crippen LogP contribution in [-0.2, 0) is 0 Å². The molecule has 0 spiro atoms. The number of urea groups is 1. The van der Waals surface area contributed by atoms with Gasteiger partial charge in [0.15, 0.2) is 0 Å². The van der Waals surface area contributed by atoms with Crippen molar-refractivity contribution in [2.75, 3.05) is 38.5 Å². The number of rotatable bonds is 1. The second-order valence-corrected chi connectivity index (χ2v) is 5.82. The number of likely N-dealkylation sites (N-methyl/N-ethyl adjacent to an activating group) is 1. The summed E-state index contributed by atoms with van der Waals surface area (Å²) in [5.74, 6) is 0. The minimum absolute atomic E-state index is 0.0516. The SMILES string of the molecule is Cc1nc2ccc(NC(=O)N3CCN(C)CC3)cc2nc1C. The van der Waals surface area contributed by atoms with Gasteiger partial charge < -0.3 is 15.1 Å². The Hall–Kier alpha value is -2.21. The van der Waals surface area contributed by atoms with E-state index in [1.54, 1.807) is 0 Å². The van der Waals surface area contributed by atoms with E-state index in [4.69, 9.17) is 0 Å². The van der Waals surface area contributed by atoms with Gasteiger partial charge >= 0.3 is 6.03 Å². The van der Waals surface area contributed by atoms with Gasteiger partial charge in [-0.15, -0.1) is 0 Å². The number of benzene rings is 1. The standard InChI is InChI=1S/C16H21N5O/c1-11-12(2)18-15-10-13(4-5-14(15)17-11)19-16(22)21-8-6-20(3)7-9-21/h4-5,10H,6-9H2,1-3H3,(H,19,22). The fourth-order valence-corrected chi connectivity index (χ4v) is 2.52. The molecule has 0 saturated carbocycles. The highest BCUT2D eigenvalue weighted by molar-refractivity contribution is 5.92. The molecule has 0 unspecified atom stereocenters. The van der Waals surface area contributed by atoms with Crippen molar-refractivity contribution in [1.82, 2.24) is 19.8 Å². The Morgan fingerprint density at radius 3 is 2.36 bits per heavy atom. The lowest BCUT2D eigenvalue weighted by Crippen LogP contribution is -2.48. The lowest BCUT2D eigenvalue weighted by molar-refractivity contribution is 0.164. The number of carbonyl (C=O) groups is 1. The Kier molecular flexibility index (Phi) is 3.94. The predicted molar refractivity (Wildman–Crippen MR) is 87.1 cm³/mol. The second-order valence-electron chi connectivity index (χ2n) is 5.82. The van der Waals surface area contributed by atoms with Gasteiger partial charge in [-0.05, 0) is 39.1 Å². The maximum atomic E-state index is 12.3. The Morgan fingerprint density at radius 1 is 1.05 bits per heavy atom. The number of anilines is 1. The molecule has 1 aromatic carbocycles. The van der Waals surface area contributed by atoms with Crippen LogP contribution in [0.2, 0.25) is 0 Å². The Morgan fingerprint density at radius 2 is 1.68 bits per heavy atom. The summed E-state index contributed by atoms with van der Waals surface area (Å²) >= 11 is 0. The molecule has 1 aliphatic heterocycles. The minimum Gasteiger partial charge on any atom is -0.322 e. The summed E-state index contributed by atoms with van der Waals surface area (Å²) in [5, 5.41) is 2.95. The number of carbonyl (C=O) groups excluding carboxylic acids is 1. The zero-order valence-electron chi connectivity index (χ0n) is 13.3. The zero-order chi connectivity index (χ0) is 15.7. The van der Waals surface area contributed by atoms with Gasteiger partial charge in [0, 0.05) is 31.9 Å².